The summed E-state index contributed by atoms with van der Waals surface area (Å²) in [5.41, 5.74) is 2.67. The van der Waals surface area contributed by atoms with Gasteiger partial charge in [-0.25, -0.2) is 4.39 Å². The predicted molar refractivity (Wildman–Crippen MR) is 111 cm³/mol. The molecule has 3 nitrogen and oxygen atoms in total. The van der Waals surface area contributed by atoms with Gasteiger partial charge in [-0.2, -0.15) is 0 Å². The average Bonchev–Trinajstić information content (AvgIpc) is 2.70. The van der Waals surface area contributed by atoms with E-state index in [9.17, 15) is 9.50 Å². The van der Waals surface area contributed by atoms with E-state index in [1.54, 1.807) is 19.2 Å². The van der Waals surface area contributed by atoms with E-state index >= 15 is 0 Å². The molecule has 146 valence electrons. The SMILES string of the molecule is CN(Cc1c(F)cccc1Cl)C[C@@H](O)COc1ccc(-c2ccccc2)cc1. The molecule has 0 heterocycles. The molecule has 28 heavy (non-hydrogen) atoms. The molecule has 0 aromatic heterocycles. The van der Waals surface area contributed by atoms with Crippen molar-refractivity contribution < 1.29 is 14.2 Å². The molecule has 0 amide bonds. The third-order valence-electron chi connectivity index (χ3n) is 4.42. The van der Waals surface area contributed by atoms with Crippen LogP contribution in [0.3, 0.4) is 0 Å². The maximum absolute atomic E-state index is 13.9. The first-order valence-corrected chi connectivity index (χ1v) is 9.48. The normalized spacial score (nSPS) is 12.2. The van der Waals surface area contributed by atoms with Crippen LogP contribution in [0, 0.1) is 5.82 Å². The maximum atomic E-state index is 13.9. The second kappa shape index (κ2) is 9.69. The van der Waals surface area contributed by atoms with Gasteiger partial charge in [0, 0.05) is 23.7 Å². The number of rotatable bonds is 8. The first kappa shape index (κ1) is 20.3. The molecule has 3 aromatic carbocycles. The lowest BCUT2D eigenvalue weighted by molar-refractivity contribution is 0.0741. The molecule has 1 atom stereocenters. The molecule has 0 unspecified atom stereocenters. The first-order chi connectivity index (χ1) is 13.5. The molecule has 0 saturated heterocycles. The van der Waals surface area contributed by atoms with Crippen molar-refractivity contribution in [3.8, 4) is 16.9 Å². The zero-order chi connectivity index (χ0) is 19.9. The fourth-order valence-electron chi connectivity index (χ4n) is 3.00. The van der Waals surface area contributed by atoms with Crippen molar-refractivity contribution in [1.82, 2.24) is 4.90 Å². The highest BCUT2D eigenvalue weighted by molar-refractivity contribution is 6.31. The predicted octanol–water partition coefficient (Wildman–Crippen LogP) is 5.02. The van der Waals surface area contributed by atoms with E-state index in [1.165, 1.54) is 6.07 Å². The summed E-state index contributed by atoms with van der Waals surface area (Å²) in [5, 5.41) is 10.6. The molecule has 0 bridgehead atoms. The Morgan fingerprint density at radius 1 is 0.964 bits per heavy atom. The van der Waals surface area contributed by atoms with Crippen LogP contribution in [0.25, 0.3) is 11.1 Å². The molecule has 0 aliphatic rings. The Balaban J connectivity index is 1.49. The van der Waals surface area contributed by atoms with Crippen LogP contribution in [0.2, 0.25) is 5.02 Å². The zero-order valence-electron chi connectivity index (χ0n) is 15.7. The van der Waals surface area contributed by atoms with Gasteiger partial charge in [-0.05, 0) is 42.4 Å². The summed E-state index contributed by atoms with van der Waals surface area (Å²) in [5.74, 6) is 0.349. The van der Waals surface area contributed by atoms with Gasteiger partial charge in [-0.15, -0.1) is 0 Å². The molecule has 3 aromatic rings. The van der Waals surface area contributed by atoms with Crippen LogP contribution >= 0.6 is 11.6 Å². The van der Waals surface area contributed by atoms with E-state index < -0.39 is 6.10 Å². The number of likely N-dealkylation sites (N-methyl/N-ethyl adjacent to an activating group) is 1. The Morgan fingerprint density at radius 3 is 2.32 bits per heavy atom. The number of halogens is 2. The largest absolute Gasteiger partial charge is 0.491 e. The molecule has 1 N–H and O–H groups in total. The second-order valence-corrected chi connectivity index (χ2v) is 7.16. The number of aliphatic hydroxyl groups excluding tert-OH is 1. The van der Waals surface area contributed by atoms with Crippen LogP contribution in [0.5, 0.6) is 5.75 Å². The van der Waals surface area contributed by atoms with E-state index in [0.29, 0.717) is 29.4 Å². The van der Waals surface area contributed by atoms with Gasteiger partial charge >= 0.3 is 0 Å². The fourth-order valence-corrected chi connectivity index (χ4v) is 3.22. The van der Waals surface area contributed by atoms with Gasteiger partial charge in [-0.1, -0.05) is 60.1 Å². The van der Waals surface area contributed by atoms with Crippen molar-refractivity contribution in [3.63, 3.8) is 0 Å². The summed E-state index contributed by atoms with van der Waals surface area (Å²) in [7, 11) is 1.81. The van der Waals surface area contributed by atoms with Crippen LogP contribution in [0.1, 0.15) is 5.56 Å². The van der Waals surface area contributed by atoms with Crippen molar-refractivity contribution >= 4 is 11.6 Å². The minimum atomic E-state index is -0.704. The monoisotopic (exact) mass is 399 g/mol. The van der Waals surface area contributed by atoms with Crippen LogP contribution < -0.4 is 4.74 Å². The van der Waals surface area contributed by atoms with Crippen LogP contribution in [0.4, 0.5) is 4.39 Å². The lowest BCUT2D eigenvalue weighted by Crippen LogP contribution is -2.33. The van der Waals surface area contributed by atoms with E-state index in [4.69, 9.17) is 16.3 Å². The topological polar surface area (TPSA) is 32.7 Å². The van der Waals surface area contributed by atoms with Crippen molar-refractivity contribution in [1.29, 1.82) is 0 Å². The van der Waals surface area contributed by atoms with E-state index in [0.717, 1.165) is 11.1 Å². The third kappa shape index (κ3) is 5.55. The Bertz CT molecular complexity index is 867. The number of aliphatic hydroxyl groups is 1. The zero-order valence-corrected chi connectivity index (χ0v) is 16.4. The summed E-state index contributed by atoms with van der Waals surface area (Å²) < 4.78 is 19.6. The Kier molecular flexibility index (Phi) is 7.04. The molecule has 0 fully saturated rings. The highest BCUT2D eigenvalue weighted by Gasteiger charge is 2.13. The van der Waals surface area contributed by atoms with Crippen molar-refractivity contribution in [3.05, 3.63) is 89.2 Å². The summed E-state index contributed by atoms with van der Waals surface area (Å²) in [4.78, 5) is 1.82. The van der Waals surface area contributed by atoms with Gasteiger partial charge in [0.1, 0.15) is 24.3 Å². The highest BCUT2D eigenvalue weighted by Crippen LogP contribution is 2.22. The molecular weight excluding hydrogens is 377 g/mol. The van der Waals surface area contributed by atoms with Crippen LogP contribution in [-0.2, 0) is 6.54 Å². The third-order valence-corrected chi connectivity index (χ3v) is 4.77. The standard InChI is InChI=1S/C23H23ClFNO2/c1-26(15-21-22(24)8-5-9-23(21)25)14-19(27)16-28-20-12-10-18(11-13-20)17-6-3-2-4-7-17/h2-13,19,27H,14-16H2,1H3/t19-/m1/s1. The summed E-state index contributed by atoms with van der Waals surface area (Å²) in [6.07, 6.45) is -0.704. The number of hydrogen-bond acceptors (Lipinski definition) is 3. The van der Waals surface area contributed by atoms with E-state index in [1.807, 2.05) is 47.4 Å². The minimum absolute atomic E-state index is 0.153. The molecule has 0 spiro atoms. The average molecular weight is 400 g/mol. The summed E-state index contributed by atoms with van der Waals surface area (Å²) >= 11 is 6.05. The first-order valence-electron chi connectivity index (χ1n) is 9.10. The molecule has 5 heteroatoms. The lowest BCUT2D eigenvalue weighted by Gasteiger charge is -2.21. The molecule has 0 radical (unpaired) electrons. The van der Waals surface area contributed by atoms with Crippen molar-refractivity contribution in [2.45, 2.75) is 12.6 Å². The van der Waals surface area contributed by atoms with E-state index in [-0.39, 0.29) is 12.4 Å². The second-order valence-electron chi connectivity index (χ2n) is 6.75. The smallest absolute Gasteiger partial charge is 0.129 e. The Hall–Kier alpha value is -2.40. The Morgan fingerprint density at radius 2 is 1.64 bits per heavy atom. The molecule has 0 saturated carbocycles. The molecular formula is C23H23ClFNO2. The number of ether oxygens (including phenoxy) is 1. The summed E-state index contributed by atoms with van der Waals surface area (Å²) in [6.45, 7) is 0.807. The van der Waals surface area contributed by atoms with Gasteiger partial charge in [0.15, 0.2) is 0 Å². The number of nitrogens with zero attached hydrogens (tertiary/aromatic N) is 1. The van der Waals surface area contributed by atoms with Gasteiger partial charge in [0.05, 0.1) is 0 Å². The van der Waals surface area contributed by atoms with Gasteiger partial charge < -0.3 is 9.84 Å². The lowest BCUT2D eigenvalue weighted by atomic mass is 10.1. The fraction of sp³-hybridized carbons (Fsp3) is 0.217. The highest BCUT2D eigenvalue weighted by atomic mass is 35.5. The number of benzene rings is 3. The quantitative estimate of drug-likeness (QED) is 0.577. The molecule has 0 aliphatic heterocycles. The summed E-state index contributed by atoms with van der Waals surface area (Å²) in [6, 6.07) is 22.5. The van der Waals surface area contributed by atoms with Gasteiger partial charge in [-0.3, -0.25) is 4.90 Å². The van der Waals surface area contributed by atoms with Gasteiger partial charge in [0.2, 0.25) is 0 Å². The van der Waals surface area contributed by atoms with Crippen molar-refractivity contribution in [2.75, 3.05) is 20.2 Å². The van der Waals surface area contributed by atoms with Crippen LogP contribution in [-0.4, -0.2) is 36.3 Å². The van der Waals surface area contributed by atoms with Crippen molar-refractivity contribution in [2.24, 2.45) is 0 Å². The van der Waals surface area contributed by atoms with Crippen LogP contribution in [0.15, 0.2) is 72.8 Å². The number of hydrogen-bond donors (Lipinski definition) is 1. The Labute approximate surface area is 170 Å². The molecule has 3 rings (SSSR count). The molecule has 0 aliphatic carbocycles. The maximum Gasteiger partial charge on any atom is 0.129 e. The van der Waals surface area contributed by atoms with Gasteiger partial charge in [0.25, 0.3) is 0 Å². The minimum Gasteiger partial charge on any atom is -0.491 e. The van der Waals surface area contributed by atoms with E-state index in [2.05, 4.69) is 12.1 Å².